The minimum Gasteiger partial charge on any atom is -0.478 e. The van der Waals surface area contributed by atoms with Gasteiger partial charge in [0.25, 0.3) is 0 Å². The maximum atomic E-state index is 11.2. The lowest BCUT2D eigenvalue weighted by molar-refractivity contribution is 0.0694. The van der Waals surface area contributed by atoms with Crippen LogP contribution in [0.5, 0.6) is 11.5 Å². The van der Waals surface area contributed by atoms with Crippen LogP contribution in [0, 0.1) is 0 Å². The van der Waals surface area contributed by atoms with Crippen molar-refractivity contribution in [2.24, 2.45) is 0 Å². The van der Waals surface area contributed by atoms with Gasteiger partial charge in [0.15, 0.2) is 0 Å². The Bertz CT molecular complexity index is 650. The monoisotopic (exact) mass is 288 g/mol. The SMILES string of the molecule is C=CCc1cc(Cl)ccc1Oc1ccccc1C(=O)O. The van der Waals surface area contributed by atoms with E-state index in [9.17, 15) is 4.79 Å². The molecule has 2 aromatic carbocycles. The zero-order valence-electron chi connectivity index (χ0n) is 10.7. The van der Waals surface area contributed by atoms with E-state index in [1.165, 1.54) is 6.07 Å². The summed E-state index contributed by atoms with van der Waals surface area (Å²) >= 11 is 5.95. The maximum Gasteiger partial charge on any atom is 0.339 e. The van der Waals surface area contributed by atoms with E-state index in [0.717, 1.165) is 5.56 Å². The van der Waals surface area contributed by atoms with Gasteiger partial charge in [0, 0.05) is 5.02 Å². The first-order valence-corrected chi connectivity index (χ1v) is 6.39. The molecule has 20 heavy (non-hydrogen) atoms. The summed E-state index contributed by atoms with van der Waals surface area (Å²) in [6.07, 6.45) is 2.33. The number of benzene rings is 2. The predicted octanol–water partition coefficient (Wildman–Crippen LogP) is 4.56. The molecular weight excluding hydrogens is 276 g/mol. The van der Waals surface area contributed by atoms with Gasteiger partial charge in [0.1, 0.15) is 17.1 Å². The Morgan fingerprint density at radius 2 is 2.00 bits per heavy atom. The van der Waals surface area contributed by atoms with Crippen LogP contribution in [-0.4, -0.2) is 11.1 Å². The average molecular weight is 289 g/mol. The van der Waals surface area contributed by atoms with Crippen LogP contribution in [0.4, 0.5) is 0 Å². The fourth-order valence-corrected chi connectivity index (χ4v) is 2.01. The van der Waals surface area contributed by atoms with Crippen LogP contribution in [0.15, 0.2) is 55.1 Å². The average Bonchev–Trinajstić information content (AvgIpc) is 2.42. The second-order valence-electron chi connectivity index (χ2n) is 4.15. The Morgan fingerprint density at radius 1 is 1.25 bits per heavy atom. The minimum atomic E-state index is -1.03. The van der Waals surface area contributed by atoms with E-state index in [2.05, 4.69) is 6.58 Å². The molecule has 0 heterocycles. The third-order valence-corrected chi connectivity index (χ3v) is 2.96. The number of aromatic carboxylic acids is 1. The molecular formula is C16H13ClO3. The summed E-state index contributed by atoms with van der Waals surface area (Å²) in [5.74, 6) is -0.157. The van der Waals surface area contributed by atoms with Crippen molar-refractivity contribution in [3.05, 3.63) is 71.3 Å². The molecule has 3 nitrogen and oxygen atoms in total. The van der Waals surface area contributed by atoms with Gasteiger partial charge in [-0.1, -0.05) is 29.8 Å². The molecule has 0 fully saturated rings. The molecule has 0 saturated carbocycles. The van der Waals surface area contributed by atoms with Crippen molar-refractivity contribution in [2.45, 2.75) is 6.42 Å². The first-order valence-electron chi connectivity index (χ1n) is 6.01. The fourth-order valence-electron chi connectivity index (χ4n) is 1.81. The number of carbonyl (C=O) groups is 1. The van der Waals surface area contributed by atoms with Gasteiger partial charge in [0.2, 0.25) is 0 Å². The van der Waals surface area contributed by atoms with E-state index < -0.39 is 5.97 Å². The number of carboxylic acids is 1. The van der Waals surface area contributed by atoms with Crippen molar-refractivity contribution >= 4 is 17.6 Å². The summed E-state index contributed by atoms with van der Waals surface area (Å²) < 4.78 is 5.72. The molecule has 0 spiro atoms. The van der Waals surface area contributed by atoms with E-state index in [0.29, 0.717) is 22.9 Å². The van der Waals surface area contributed by atoms with Crippen molar-refractivity contribution in [2.75, 3.05) is 0 Å². The number of para-hydroxylation sites is 1. The number of ether oxygens (including phenoxy) is 1. The second-order valence-corrected chi connectivity index (χ2v) is 4.58. The molecule has 1 N–H and O–H groups in total. The summed E-state index contributed by atoms with van der Waals surface area (Å²) in [6.45, 7) is 3.69. The summed E-state index contributed by atoms with van der Waals surface area (Å²) in [6, 6.07) is 11.7. The Kier molecular flexibility index (Phi) is 4.43. The molecule has 102 valence electrons. The standard InChI is InChI=1S/C16H13ClO3/c1-2-5-11-10-12(17)8-9-14(11)20-15-7-4-3-6-13(15)16(18)19/h2-4,6-10H,1,5H2,(H,18,19). The van der Waals surface area contributed by atoms with Crippen LogP contribution in [0.2, 0.25) is 5.02 Å². The number of rotatable bonds is 5. The lowest BCUT2D eigenvalue weighted by Gasteiger charge is -2.12. The highest BCUT2D eigenvalue weighted by Gasteiger charge is 2.12. The number of carboxylic acid groups (broad SMARTS) is 1. The van der Waals surface area contributed by atoms with Crippen molar-refractivity contribution in [1.82, 2.24) is 0 Å². The van der Waals surface area contributed by atoms with Gasteiger partial charge >= 0.3 is 5.97 Å². The highest BCUT2D eigenvalue weighted by molar-refractivity contribution is 6.30. The van der Waals surface area contributed by atoms with Gasteiger partial charge < -0.3 is 9.84 Å². The number of halogens is 1. The molecule has 0 radical (unpaired) electrons. The summed E-state index contributed by atoms with van der Waals surface area (Å²) in [5, 5.41) is 9.74. The van der Waals surface area contributed by atoms with E-state index in [1.807, 2.05) is 0 Å². The van der Waals surface area contributed by atoms with Gasteiger partial charge in [-0.25, -0.2) is 4.79 Å². The first kappa shape index (κ1) is 14.2. The minimum absolute atomic E-state index is 0.118. The number of hydrogen-bond donors (Lipinski definition) is 1. The Morgan fingerprint density at radius 3 is 2.70 bits per heavy atom. The van der Waals surface area contributed by atoms with Gasteiger partial charge in [-0.2, -0.15) is 0 Å². The molecule has 0 saturated heterocycles. The number of allylic oxidation sites excluding steroid dienone is 1. The van der Waals surface area contributed by atoms with Crippen LogP contribution in [-0.2, 0) is 6.42 Å². The predicted molar refractivity (Wildman–Crippen MR) is 78.8 cm³/mol. The lowest BCUT2D eigenvalue weighted by Crippen LogP contribution is -2.00. The first-order chi connectivity index (χ1) is 9.61. The van der Waals surface area contributed by atoms with Crippen LogP contribution in [0.1, 0.15) is 15.9 Å². The largest absolute Gasteiger partial charge is 0.478 e. The van der Waals surface area contributed by atoms with Crippen molar-refractivity contribution in [1.29, 1.82) is 0 Å². The quantitative estimate of drug-likeness (QED) is 0.821. The van der Waals surface area contributed by atoms with E-state index >= 15 is 0 Å². The summed E-state index contributed by atoms with van der Waals surface area (Å²) in [4.78, 5) is 11.2. The fraction of sp³-hybridized carbons (Fsp3) is 0.0625. The van der Waals surface area contributed by atoms with E-state index in [4.69, 9.17) is 21.4 Å². The number of hydrogen-bond acceptors (Lipinski definition) is 2. The molecule has 0 aromatic heterocycles. The van der Waals surface area contributed by atoms with Crippen LogP contribution >= 0.6 is 11.6 Å². The maximum absolute atomic E-state index is 11.2. The van der Waals surface area contributed by atoms with E-state index in [1.54, 1.807) is 42.5 Å². The highest BCUT2D eigenvalue weighted by atomic mass is 35.5. The van der Waals surface area contributed by atoms with Crippen molar-refractivity contribution in [3.8, 4) is 11.5 Å². The summed E-state index contributed by atoms with van der Waals surface area (Å²) in [7, 11) is 0. The Balaban J connectivity index is 2.39. The van der Waals surface area contributed by atoms with Crippen LogP contribution in [0.25, 0.3) is 0 Å². The van der Waals surface area contributed by atoms with Gasteiger partial charge in [-0.3, -0.25) is 0 Å². The molecule has 0 bridgehead atoms. The van der Waals surface area contributed by atoms with Gasteiger partial charge in [0.05, 0.1) is 0 Å². The molecule has 0 amide bonds. The Labute approximate surface area is 122 Å². The highest BCUT2D eigenvalue weighted by Crippen LogP contribution is 2.30. The van der Waals surface area contributed by atoms with Gasteiger partial charge in [-0.05, 0) is 42.3 Å². The zero-order chi connectivity index (χ0) is 14.5. The second kappa shape index (κ2) is 6.26. The van der Waals surface area contributed by atoms with Crippen LogP contribution < -0.4 is 4.74 Å². The van der Waals surface area contributed by atoms with Crippen molar-refractivity contribution < 1.29 is 14.6 Å². The molecule has 4 heteroatoms. The summed E-state index contributed by atoms with van der Waals surface area (Å²) in [5.41, 5.74) is 0.972. The topological polar surface area (TPSA) is 46.5 Å². The lowest BCUT2D eigenvalue weighted by atomic mass is 10.1. The van der Waals surface area contributed by atoms with Gasteiger partial charge in [-0.15, -0.1) is 6.58 Å². The molecule has 0 aliphatic rings. The van der Waals surface area contributed by atoms with Crippen molar-refractivity contribution in [3.63, 3.8) is 0 Å². The normalized spacial score (nSPS) is 10.1. The molecule has 0 unspecified atom stereocenters. The molecule has 0 aliphatic heterocycles. The molecule has 0 aliphatic carbocycles. The molecule has 2 aromatic rings. The molecule has 2 rings (SSSR count). The zero-order valence-corrected chi connectivity index (χ0v) is 11.4. The Hall–Kier alpha value is -2.26. The third-order valence-electron chi connectivity index (χ3n) is 2.72. The van der Waals surface area contributed by atoms with Crippen LogP contribution in [0.3, 0.4) is 0 Å². The molecule has 0 atom stereocenters. The third kappa shape index (κ3) is 3.19. The smallest absolute Gasteiger partial charge is 0.339 e. The van der Waals surface area contributed by atoms with E-state index in [-0.39, 0.29) is 5.56 Å².